The zero-order valence-corrected chi connectivity index (χ0v) is 13.4. The van der Waals surface area contributed by atoms with E-state index in [9.17, 15) is 0 Å². The van der Waals surface area contributed by atoms with Crippen molar-refractivity contribution in [3.8, 4) is 0 Å². The first-order valence-corrected chi connectivity index (χ1v) is 8.10. The number of aromatic nitrogens is 2. The van der Waals surface area contributed by atoms with Crippen molar-refractivity contribution in [1.82, 2.24) is 15.1 Å². The molecule has 1 heterocycles. The zero-order chi connectivity index (χ0) is 14.8. The Morgan fingerprint density at radius 3 is 2.86 bits per heavy atom. The zero-order valence-electron chi connectivity index (χ0n) is 13.4. The number of nitrogens with one attached hydrogen (secondary N) is 1. The summed E-state index contributed by atoms with van der Waals surface area (Å²) < 4.78 is 7.21. The van der Waals surface area contributed by atoms with Gasteiger partial charge in [0.1, 0.15) is 0 Å². The van der Waals surface area contributed by atoms with Crippen LogP contribution in [0.4, 0.5) is 0 Å². The van der Waals surface area contributed by atoms with Gasteiger partial charge in [0.05, 0.1) is 18.8 Å². The van der Waals surface area contributed by atoms with Crippen molar-refractivity contribution in [3.63, 3.8) is 0 Å². The number of nitrogens with zero attached hydrogens (tertiary/aromatic N) is 2. The van der Waals surface area contributed by atoms with Gasteiger partial charge in [0.15, 0.2) is 0 Å². The number of hydrogen-bond acceptors (Lipinski definition) is 3. The fourth-order valence-electron chi connectivity index (χ4n) is 3.90. The van der Waals surface area contributed by atoms with Crippen molar-refractivity contribution in [2.24, 2.45) is 17.8 Å². The van der Waals surface area contributed by atoms with Crippen molar-refractivity contribution in [2.45, 2.75) is 39.8 Å². The second-order valence-corrected chi connectivity index (χ2v) is 6.54. The third-order valence-electron chi connectivity index (χ3n) is 5.16. The Balaban J connectivity index is 1.53. The topological polar surface area (TPSA) is 39.1 Å². The Morgan fingerprint density at radius 2 is 2.19 bits per heavy atom. The molecular weight excluding hydrogens is 262 g/mol. The molecule has 2 aliphatic rings. The van der Waals surface area contributed by atoms with E-state index < -0.39 is 0 Å². The van der Waals surface area contributed by atoms with Gasteiger partial charge in [0.2, 0.25) is 0 Å². The third kappa shape index (κ3) is 3.06. The van der Waals surface area contributed by atoms with E-state index in [4.69, 9.17) is 4.74 Å². The SMILES string of the molecule is COCCn1nc(C)c(CNC[C@@H]2C[C@H]3C=C[C@H]2C3)c1C. The summed E-state index contributed by atoms with van der Waals surface area (Å²) in [6, 6.07) is 0. The maximum absolute atomic E-state index is 5.14. The number of methoxy groups -OCH3 is 1. The van der Waals surface area contributed by atoms with Gasteiger partial charge in [0.25, 0.3) is 0 Å². The van der Waals surface area contributed by atoms with Crippen LogP contribution in [0.3, 0.4) is 0 Å². The third-order valence-corrected chi connectivity index (χ3v) is 5.16. The average Bonchev–Trinajstić information content (AvgIpc) is 3.15. The van der Waals surface area contributed by atoms with Crippen LogP contribution >= 0.6 is 0 Å². The second-order valence-electron chi connectivity index (χ2n) is 6.54. The average molecular weight is 289 g/mol. The summed E-state index contributed by atoms with van der Waals surface area (Å²) in [6.45, 7) is 7.88. The van der Waals surface area contributed by atoms with Crippen LogP contribution in [0.25, 0.3) is 0 Å². The second kappa shape index (κ2) is 6.32. The van der Waals surface area contributed by atoms with Crippen LogP contribution in [-0.2, 0) is 17.8 Å². The molecule has 0 saturated heterocycles. The molecular formula is C17H27N3O. The van der Waals surface area contributed by atoms with Crippen LogP contribution < -0.4 is 5.32 Å². The number of hydrogen-bond donors (Lipinski definition) is 1. The van der Waals surface area contributed by atoms with E-state index in [-0.39, 0.29) is 0 Å². The molecule has 116 valence electrons. The molecule has 1 aromatic heterocycles. The minimum atomic E-state index is 0.715. The standard InChI is InChI=1S/C17H27N3O/c1-12-17(13(2)20(19-12)6-7-21-3)11-18-10-16-9-14-4-5-15(16)8-14/h4-5,14-16,18H,6-11H2,1-3H3/t14-,15-,16-/m0/s1. The first kappa shape index (κ1) is 14.8. The fraction of sp³-hybridized carbons (Fsp3) is 0.706. The minimum absolute atomic E-state index is 0.715. The quantitative estimate of drug-likeness (QED) is 0.784. The molecule has 0 spiro atoms. The Morgan fingerprint density at radius 1 is 1.33 bits per heavy atom. The van der Waals surface area contributed by atoms with Gasteiger partial charge in [0, 0.05) is 24.9 Å². The van der Waals surface area contributed by atoms with Crippen molar-refractivity contribution < 1.29 is 4.74 Å². The highest BCUT2D eigenvalue weighted by Gasteiger charge is 2.34. The molecule has 2 bridgehead atoms. The summed E-state index contributed by atoms with van der Waals surface area (Å²) >= 11 is 0. The molecule has 3 rings (SSSR count). The van der Waals surface area contributed by atoms with Gasteiger partial charge in [-0.05, 0) is 51.0 Å². The maximum atomic E-state index is 5.14. The number of rotatable bonds is 7. The Kier molecular flexibility index (Phi) is 4.45. The van der Waals surface area contributed by atoms with Gasteiger partial charge in [-0.2, -0.15) is 5.10 Å². The normalized spacial score (nSPS) is 26.9. The summed E-state index contributed by atoms with van der Waals surface area (Å²) in [5.74, 6) is 2.53. The summed E-state index contributed by atoms with van der Waals surface area (Å²) in [4.78, 5) is 0. The van der Waals surface area contributed by atoms with E-state index in [1.54, 1.807) is 7.11 Å². The summed E-state index contributed by atoms with van der Waals surface area (Å²) in [5, 5.41) is 8.28. The van der Waals surface area contributed by atoms with Crippen molar-refractivity contribution in [2.75, 3.05) is 20.3 Å². The lowest BCUT2D eigenvalue weighted by atomic mass is 9.93. The number of allylic oxidation sites excluding steroid dienone is 2. The van der Waals surface area contributed by atoms with Gasteiger partial charge in [-0.15, -0.1) is 0 Å². The van der Waals surface area contributed by atoms with E-state index in [0.29, 0.717) is 6.61 Å². The maximum Gasteiger partial charge on any atom is 0.0658 e. The van der Waals surface area contributed by atoms with Gasteiger partial charge in [-0.1, -0.05) is 12.2 Å². The molecule has 0 unspecified atom stereocenters. The van der Waals surface area contributed by atoms with E-state index >= 15 is 0 Å². The smallest absolute Gasteiger partial charge is 0.0658 e. The molecule has 2 aliphatic carbocycles. The number of aryl methyl sites for hydroxylation is 1. The van der Waals surface area contributed by atoms with Crippen LogP contribution in [0.5, 0.6) is 0 Å². The van der Waals surface area contributed by atoms with Crippen LogP contribution in [0, 0.1) is 31.6 Å². The summed E-state index contributed by atoms with van der Waals surface area (Å²) in [7, 11) is 1.73. The van der Waals surface area contributed by atoms with Crippen LogP contribution in [0.2, 0.25) is 0 Å². The first-order chi connectivity index (χ1) is 10.2. The molecule has 0 amide bonds. The van der Waals surface area contributed by atoms with Crippen molar-refractivity contribution in [1.29, 1.82) is 0 Å². The number of ether oxygens (including phenoxy) is 1. The highest BCUT2D eigenvalue weighted by atomic mass is 16.5. The molecule has 3 atom stereocenters. The lowest BCUT2D eigenvalue weighted by molar-refractivity contribution is 0.182. The highest BCUT2D eigenvalue weighted by molar-refractivity contribution is 5.24. The molecule has 0 aliphatic heterocycles. The minimum Gasteiger partial charge on any atom is -0.383 e. The van der Waals surface area contributed by atoms with Crippen LogP contribution in [0.1, 0.15) is 29.8 Å². The predicted molar refractivity (Wildman–Crippen MR) is 84.1 cm³/mol. The van der Waals surface area contributed by atoms with Crippen LogP contribution in [-0.4, -0.2) is 30.0 Å². The predicted octanol–water partition coefficient (Wildman–Crippen LogP) is 2.45. The summed E-state index contributed by atoms with van der Waals surface area (Å²) in [5.41, 5.74) is 3.76. The lowest BCUT2D eigenvalue weighted by Gasteiger charge is -2.18. The molecule has 0 aromatic carbocycles. The largest absolute Gasteiger partial charge is 0.383 e. The summed E-state index contributed by atoms with van der Waals surface area (Å²) in [6.07, 6.45) is 7.60. The molecule has 1 saturated carbocycles. The molecule has 1 aromatic rings. The van der Waals surface area contributed by atoms with Gasteiger partial charge < -0.3 is 10.1 Å². The lowest BCUT2D eigenvalue weighted by Crippen LogP contribution is -2.25. The van der Waals surface area contributed by atoms with Gasteiger partial charge >= 0.3 is 0 Å². The Labute approximate surface area is 127 Å². The molecule has 4 nitrogen and oxygen atoms in total. The molecule has 1 N–H and O–H groups in total. The molecule has 1 fully saturated rings. The molecule has 4 heteroatoms. The first-order valence-electron chi connectivity index (χ1n) is 8.10. The Bertz CT molecular complexity index is 520. The van der Waals surface area contributed by atoms with E-state index in [1.165, 1.54) is 24.1 Å². The van der Waals surface area contributed by atoms with Crippen molar-refractivity contribution >= 4 is 0 Å². The number of fused-ring (bicyclic) bond motifs is 2. The Hall–Kier alpha value is -1.13. The molecule has 0 radical (unpaired) electrons. The van der Waals surface area contributed by atoms with Crippen molar-refractivity contribution in [3.05, 3.63) is 29.1 Å². The molecule has 21 heavy (non-hydrogen) atoms. The monoisotopic (exact) mass is 289 g/mol. The van der Waals surface area contributed by atoms with E-state index in [1.807, 2.05) is 0 Å². The van der Waals surface area contributed by atoms with E-state index in [0.717, 1.165) is 43.1 Å². The van der Waals surface area contributed by atoms with Gasteiger partial charge in [-0.3, -0.25) is 4.68 Å². The fourth-order valence-corrected chi connectivity index (χ4v) is 3.90. The van der Waals surface area contributed by atoms with Gasteiger partial charge in [-0.25, -0.2) is 0 Å². The highest BCUT2D eigenvalue weighted by Crippen LogP contribution is 2.42. The van der Waals surface area contributed by atoms with E-state index in [2.05, 4.69) is 41.1 Å². The van der Waals surface area contributed by atoms with Crippen LogP contribution in [0.15, 0.2) is 12.2 Å².